The fourth-order valence-corrected chi connectivity index (χ4v) is 2.89. The largest absolute Gasteiger partial charge is 0.465 e. The first-order valence-electron chi connectivity index (χ1n) is 7.27. The highest BCUT2D eigenvalue weighted by Crippen LogP contribution is 2.27. The Morgan fingerprint density at radius 2 is 1.80 bits per heavy atom. The van der Waals surface area contributed by atoms with Crippen LogP contribution in [0.1, 0.15) is 10.4 Å². The van der Waals surface area contributed by atoms with Gasteiger partial charge in [0.1, 0.15) is 16.9 Å². The van der Waals surface area contributed by atoms with Crippen LogP contribution in [-0.4, -0.2) is 27.2 Å². The number of aryl methyl sites for hydroxylation is 1. The van der Waals surface area contributed by atoms with Gasteiger partial charge in [0.2, 0.25) is 0 Å². The molecule has 0 fully saturated rings. The Hall–Kier alpha value is -2.81. The summed E-state index contributed by atoms with van der Waals surface area (Å²) >= 11 is 3.35. The molecule has 130 valence electrons. The molecule has 0 saturated carbocycles. The van der Waals surface area contributed by atoms with Crippen LogP contribution >= 0.6 is 15.9 Å². The number of carbonyl (C=O) groups is 1. The molecule has 1 aromatic carbocycles. The van der Waals surface area contributed by atoms with Gasteiger partial charge in [-0.2, -0.15) is 0 Å². The van der Waals surface area contributed by atoms with Gasteiger partial charge in [-0.25, -0.2) is 9.59 Å². The zero-order valence-electron chi connectivity index (χ0n) is 13.7. The molecule has 8 nitrogen and oxygen atoms in total. The number of fused-ring (bicyclic) bond motifs is 1. The fraction of sp³-hybridized carbons (Fsp3) is 0.188. The Labute approximate surface area is 150 Å². The number of aromatic nitrogens is 3. The first kappa shape index (κ1) is 17.0. The van der Waals surface area contributed by atoms with Crippen LogP contribution in [0.5, 0.6) is 0 Å². The minimum atomic E-state index is -0.658. The number of ether oxygens (including phenoxy) is 1. The van der Waals surface area contributed by atoms with Gasteiger partial charge in [0.15, 0.2) is 0 Å². The van der Waals surface area contributed by atoms with Gasteiger partial charge >= 0.3 is 11.7 Å². The van der Waals surface area contributed by atoms with Gasteiger partial charge in [0.25, 0.3) is 5.56 Å². The number of nitrogens with one attached hydrogen (secondary N) is 2. The third kappa shape index (κ3) is 2.76. The third-order valence-corrected chi connectivity index (χ3v) is 4.43. The van der Waals surface area contributed by atoms with E-state index in [1.807, 2.05) is 12.1 Å². The molecule has 0 radical (unpaired) electrons. The number of rotatable bonds is 3. The molecule has 2 aromatic heterocycles. The van der Waals surface area contributed by atoms with Crippen LogP contribution in [0.15, 0.2) is 38.3 Å². The minimum Gasteiger partial charge on any atom is -0.465 e. The molecular formula is C16H15BrN4O4. The highest BCUT2D eigenvalue weighted by atomic mass is 79.9. The molecule has 2 N–H and O–H groups in total. The van der Waals surface area contributed by atoms with Gasteiger partial charge < -0.3 is 15.0 Å². The van der Waals surface area contributed by atoms with Crippen LogP contribution < -0.4 is 16.6 Å². The highest BCUT2D eigenvalue weighted by Gasteiger charge is 2.24. The van der Waals surface area contributed by atoms with Crippen molar-refractivity contribution in [3.8, 4) is 0 Å². The molecule has 0 aliphatic rings. The Morgan fingerprint density at radius 3 is 2.40 bits per heavy atom. The second kappa shape index (κ2) is 6.25. The van der Waals surface area contributed by atoms with Gasteiger partial charge in [0, 0.05) is 24.3 Å². The molecule has 2 heterocycles. The van der Waals surface area contributed by atoms with Crippen LogP contribution in [0.4, 0.5) is 11.5 Å². The van der Waals surface area contributed by atoms with Gasteiger partial charge in [-0.05, 0) is 24.3 Å². The van der Waals surface area contributed by atoms with Crippen molar-refractivity contribution >= 4 is 44.4 Å². The van der Waals surface area contributed by atoms with E-state index in [2.05, 4.69) is 26.2 Å². The first-order chi connectivity index (χ1) is 11.8. The first-order valence-corrected chi connectivity index (χ1v) is 8.07. The second-order valence-electron chi connectivity index (χ2n) is 5.43. The SMILES string of the molecule is COC(=O)c1c(Nc2ccc(Br)cc2)[nH]c2c(=O)n(C)c(=O)n(C)c12. The number of carbonyl (C=O) groups excluding carboxylic acids is 1. The monoisotopic (exact) mass is 406 g/mol. The number of methoxy groups -OCH3 is 1. The lowest BCUT2D eigenvalue weighted by Crippen LogP contribution is -2.37. The number of benzene rings is 1. The van der Waals surface area contributed by atoms with Crippen LogP contribution in [0, 0.1) is 0 Å². The van der Waals surface area contributed by atoms with Gasteiger partial charge in [-0.15, -0.1) is 0 Å². The standard InChI is InChI=1S/C16H15BrN4O4/c1-20-12-10(15(23)25-3)13(18-9-6-4-8(17)5-7-9)19-11(12)14(22)21(2)16(20)24/h4-7,18-19H,1-3H3. The molecule has 3 rings (SSSR count). The predicted octanol–water partition coefficient (Wildman–Crippen LogP) is 1.86. The molecule has 0 spiro atoms. The maximum absolute atomic E-state index is 12.4. The average molecular weight is 407 g/mol. The lowest BCUT2D eigenvalue weighted by molar-refractivity contribution is 0.0603. The summed E-state index contributed by atoms with van der Waals surface area (Å²) in [5.41, 5.74) is 0.0765. The zero-order valence-corrected chi connectivity index (χ0v) is 15.3. The number of hydrogen-bond donors (Lipinski definition) is 2. The Kier molecular flexibility index (Phi) is 4.25. The van der Waals surface area contributed by atoms with Gasteiger partial charge in [-0.1, -0.05) is 15.9 Å². The van der Waals surface area contributed by atoms with E-state index in [9.17, 15) is 14.4 Å². The summed E-state index contributed by atoms with van der Waals surface area (Å²) in [6.45, 7) is 0. The topological polar surface area (TPSA) is 98.1 Å². The maximum Gasteiger partial charge on any atom is 0.343 e. The zero-order chi connectivity index (χ0) is 18.3. The number of aromatic amines is 1. The number of esters is 1. The number of hydrogen-bond acceptors (Lipinski definition) is 5. The Morgan fingerprint density at radius 1 is 1.16 bits per heavy atom. The molecule has 3 aromatic rings. The summed E-state index contributed by atoms with van der Waals surface area (Å²) in [6, 6.07) is 7.26. The summed E-state index contributed by atoms with van der Waals surface area (Å²) in [7, 11) is 4.11. The van der Waals surface area contributed by atoms with Crippen LogP contribution in [0.25, 0.3) is 11.0 Å². The van der Waals surface area contributed by atoms with E-state index in [0.717, 1.165) is 9.04 Å². The lowest BCUT2D eigenvalue weighted by atomic mass is 10.2. The van der Waals surface area contributed by atoms with Crippen molar-refractivity contribution < 1.29 is 9.53 Å². The van der Waals surface area contributed by atoms with Crippen molar-refractivity contribution in [3.05, 3.63) is 55.1 Å². The quantitative estimate of drug-likeness (QED) is 0.646. The van der Waals surface area contributed by atoms with E-state index >= 15 is 0 Å². The molecule has 0 saturated heterocycles. The molecule has 0 aliphatic heterocycles. The summed E-state index contributed by atoms with van der Waals surface area (Å²) < 4.78 is 7.95. The van der Waals surface area contributed by atoms with E-state index in [1.165, 1.54) is 25.8 Å². The summed E-state index contributed by atoms with van der Waals surface area (Å²) in [4.78, 5) is 39.8. The molecule has 0 amide bonds. The van der Waals surface area contributed by atoms with Crippen molar-refractivity contribution in [2.24, 2.45) is 14.1 Å². The van der Waals surface area contributed by atoms with Crippen molar-refractivity contribution in [1.29, 1.82) is 0 Å². The number of anilines is 2. The number of nitrogens with zero attached hydrogens (tertiary/aromatic N) is 2. The predicted molar refractivity (Wildman–Crippen MR) is 97.5 cm³/mol. The lowest BCUT2D eigenvalue weighted by Gasteiger charge is -2.08. The van der Waals surface area contributed by atoms with Crippen molar-refractivity contribution in [1.82, 2.24) is 14.1 Å². The maximum atomic E-state index is 12.4. The Balaban J connectivity index is 2.31. The van der Waals surface area contributed by atoms with Crippen molar-refractivity contribution in [2.45, 2.75) is 0 Å². The van der Waals surface area contributed by atoms with E-state index < -0.39 is 17.2 Å². The Bertz CT molecular complexity index is 1090. The van der Waals surface area contributed by atoms with Crippen LogP contribution in [0.2, 0.25) is 0 Å². The van der Waals surface area contributed by atoms with E-state index in [1.54, 1.807) is 12.1 Å². The van der Waals surface area contributed by atoms with Gasteiger partial charge in [0.05, 0.1) is 12.6 Å². The van der Waals surface area contributed by atoms with Crippen molar-refractivity contribution in [3.63, 3.8) is 0 Å². The van der Waals surface area contributed by atoms with Crippen molar-refractivity contribution in [2.75, 3.05) is 12.4 Å². The summed E-state index contributed by atoms with van der Waals surface area (Å²) in [5, 5.41) is 3.06. The van der Waals surface area contributed by atoms with Crippen LogP contribution in [0.3, 0.4) is 0 Å². The summed E-state index contributed by atoms with van der Waals surface area (Å²) in [6.07, 6.45) is 0. The number of H-pyrrole nitrogens is 1. The van der Waals surface area contributed by atoms with E-state index in [0.29, 0.717) is 5.69 Å². The van der Waals surface area contributed by atoms with E-state index in [4.69, 9.17) is 4.74 Å². The van der Waals surface area contributed by atoms with Crippen LogP contribution in [-0.2, 0) is 18.8 Å². The second-order valence-corrected chi connectivity index (χ2v) is 6.34. The molecule has 25 heavy (non-hydrogen) atoms. The molecule has 0 aliphatic carbocycles. The summed E-state index contributed by atoms with van der Waals surface area (Å²) in [5.74, 6) is -0.378. The molecular weight excluding hydrogens is 392 g/mol. The molecule has 0 atom stereocenters. The molecule has 9 heteroatoms. The van der Waals surface area contributed by atoms with E-state index in [-0.39, 0.29) is 22.4 Å². The normalized spacial score (nSPS) is 10.9. The average Bonchev–Trinajstić information content (AvgIpc) is 2.98. The molecule has 0 bridgehead atoms. The van der Waals surface area contributed by atoms with Gasteiger partial charge in [-0.3, -0.25) is 13.9 Å². The third-order valence-electron chi connectivity index (χ3n) is 3.90. The molecule has 0 unspecified atom stereocenters. The fourth-order valence-electron chi connectivity index (χ4n) is 2.63. The number of halogens is 1. The highest BCUT2D eigenvalue weighted by molar-refractivity contribution is 9.10. The smallest absolute Gasteiger partial charge is 0.343 e. The minimum absolute atomic E-state index is 0.0951.